The number of aromatic nitrogens is 5. The molecular formula is C20H17Cl2N7OS. The van der Waals surface area contributed by atoms with Crippen molar-refractivity contribution < 1.29 is 4.79 Å². The topological polar surface area (TPSA) is 88.8 Å². The zero-order valence-electron chi connectivity index (χ0n) is 16.3. The van der Waals surface area contributed by atoms with E-state index in [9.17, 15) is 4.79 Å². The number of anilines is 1. The fourth-order valence-corrected chi connectivity index (χ4v) is 3.70. The smallest absolute Gasteiger partial charge is 0.333 e. The van der Waals surface area contributed by atoms with Gasteiger partial charge in [0.2, 0.25) is 0 Å². The highest BCUT2D eigenvalue weighted by molar-refractivity contribution is 7.82. The molecule has 11 heteroatoms. The van der Waals surface area contributed by atoms with Crippen molar-refractivity contribution in [3.63, 3.8) is 0 Å². The van der Waals surface area contributed by atoms with Gasteiger partial charge in [0.15, 0.2) is 5.65 Å². The van der Waals surface area contributed by atoms with E-state index < -0.39 is 0 Å². The van der Waals surface area contributed by atoms with E-state index in [-0.39, 0.29) is 6.03 Å². The number of halogens is 2. The molecule has 0 aliphatic rings. The van der Waals surface area contributed by atoms with E-state index in [2.05, 4.69) is 38.2 Å². The number of urea groups is 1. The van der Waals surface area contributed by atoms with Crippen molar-refractivity contribution in [1.82, 2.24) is 30.0 Å². The first-order valence-electron chi connectivity index (χ1n) is 9.31. The van der Waals surface area contributed by atoms with Gasteiger partial charge in [-0.25, -0.2) is 19.1 Å². The van der Waals surface area contributed by atoms with E-state index in [4.69, 9.17) is 23.2 Å². The first-order valence-corrected chi connectivity index (χ1v) is 10.5. The lowest BCUT2D eigenvalue weighted by Crippen LogP contribution is -2.34. The average Bonchev–Trinajstić information content (AvgIpc) is 3.20. The molecule has 0 aliphatic carbocycles. The predicted molar refractivity (Wildman–Crippen MR) is 125 cm³/mol. The molecule has 0 bridgehead atoms. The molecule has 0 saturated carbocycles. The minimum atomic E-state index is -0.371. The number of thiol groups is 1. The quantitative estimate of drug-likeness (QED) is 0.412. The Bertz CT molecular complexity index is 1240. The maximum atomic E-state index is 12.0. The standard InChI is InChI=1S/C20H17Cl2N7OS/c1-2-23-20(30)29(31)18-4-3-16-19(27-18)26-17(9-24-16)13-8-25-28(11-13)10-12-5-14(21)7-15(22)6-12/h3-9,11,31H,2,10H2,1H3,(H,23,30). The lowest BCUT2D eigenvalue weighted by molar-refractivity contribution is 0.250. The van der Waals surface area contributed by atoms with E-state index in [0.717, 1.165) is 15.4 Å². The van der Waals surface area contributed by atoms with E-state index in [0.29, 0.717) is 45.8 Å². The number of benzene rings is 1. The number of hydrogen-bond donors (Lipinski definition) is 2. The molecule has 8 nitrogen and oxygen atoms in total. The summed E-state index contributed by atoms with van der Waals surface area (Å²) in [6.45, 7) is 2.82. The highest BCUT2D eigenvalue weighted by Gasteiger charge is 2.14. The van der Waals surface area contributed by atoms with Crippen LogP contribution in [0.25, 0.3) is 22.4 Å². The van der Waals surface area contributed by atoms with Crippen LogP contribution in [0.4, 0.5) is 10.6 Å². The summed E-state index contributed by atoms with van der Waals surface area (Å²) in [5, 5.41) is 8.20. The Morgan fingerprint density at radius 1 is 1.16 bits per heavy atom. The third-order valence-electron chi connectivity index (χ3n) is 4.33. The van der Waals surface area contributed by atoms with Gasteiger partial charge in [0.1, 0.15) is 11.3 Å². The second-order valence-corrected chi connectivity index (χ2v) is 7.89. The van der Waals surface area contributed by atoms with Gasteiger partial charge in [-0.05, 0) is 42.8 Å². The van der Waals surface area contributed by atoms with Crippen LogP contribution in [0.2, 0.25) is 10.0 Å². The molecule has 1 aromatic carbocycles. The van der Waals surface area contributed by atoms with Crippen molar-refractivity contribution in [2.24, 2.45) is 0 Å². The molecular weight excluding hydrogens is 457 g/mol. The Balaban J connectivity index is 1.60. The van der Waals surface area contributed by atoms with Crippen LogP contribution in [-0.2, 0) is 6.54 Å². The highest BCUT2D eigenvalue weighted by Crippen LogP contribution is 2.23. The molecule has 0 aliphatic heterocycles. The molecule has 0 spiro atoms. The third-order valence-corrected chi connectivity index (χ3v) is 5.15. The van der Waals surface area contributed by atoms with Crippen LogP contribution >= 0.6 is 36.0 Å². The summed E-state index contributed by atoms with van der Waals surface area (Å²) in [6, 6.07) is 8.40. The normalized spacial score (nSPS) is 11.0. The number of carbonyl (C=O) groups excluding carboxylic acids is 1. The third kappa shape index (κ3) is 4.90. The molecule has 3 aromatic heterocycles. The molecule has 0 atom stereocenters. The zero-order valence-corrected chi connectivity index (χ0v) is 18.7. The molecule has 1 N–H and O–H groups in total. The van der Waals surface area contributed by atoms with Crippen LogP contribution < -0.4 is 9.62 Å². The second kappa shape index (κ2) is 9.09. The molecule has 158 valence electrons. The van der Waals surface area contributed by atoms with Crippen molar-refractivity contribution >= 4 is 59.0 Å². The molecule has 3 heterocycles. The number of fused-ring (bicyclic) bond motifs is 1. The maximum Gasteiger partial charge on any atom is 0.333 e. The Morgan fingerprint density at radius 3 is 2.68 bits per heavy atom. The minimum absolute atomic E-state index is 0.349. The van der Waals surface area contributed by atoms with Gasteiger partial charge in [0.25, 0.3) is 0 Å². The predicted octanol–water partition coefficient (Wildman–Crippen LogP) is 4.62. The maximum absolute atomic E-state index is 12.0. The van der Waals surface area contributed by atoms with Crippen LogP contribution in [0.5, 0.6) is 0 Å². The Kier molecular flexibility index (Phi) is 6.26. The van der Waals surface area contributed by atoms with Crippen LogP contribution in [0, 0.1) is 0 Å². The van der Waals surface area contributed by atoms with Gasteiger partial charge in [-0.3, -0.25) is 9.67 Å². The summed E-state index contributed by atoms with van der Waals surface area (Å²) in [7, 11) is 0. The molecule has 4 rings (SSSR count). The van der Waals surface area contributed by atoms with Crippen LogP contribution in [-0.4, -0.2) is 37.3 Å². The molecule has 0 fully saturated rings. The zero-order chi connectivity index (χ0) is 22.0. The fraction of sp³-hybridized carbons (Fsp3) is 0.150. The van der Waals surface area contributed by atoms with Gasteiger partial charge >= 0.3 is 6.03 Å². The monoisotopic (exact) mass is 473 g/mol. The first-order chi connectivity index (χ1) is 14.9. The van der Waals surface area contributed by atoms with Crippen LogP contribution in [0.15, 0.2) is 48.9 Å². The van der Waals surface area contributed by atoms with Crippen molar-refractivity contribution in [1.29, 1.82) is 0 Å². The largest absolute Gasteiger partial charge is 0.337 e. The number of hydrogen-bond acceptors (Lipinski definition) is 6. The highest BCUT2D eigenvalue weighted by atomic mass is 35.5. The number of nitrogens with one attached hydrogen (secondary N) is 1. The SMILES string of the molecule is CCNC(=O)N(S)c1ccc2ncc(-c3cnn(Cc4cc(Cl)cc(Cl)c4)c3)nc2n1. The van der Waals surface area contributed by atoms with Crippen molar-refractivity contribution in [2.75, 3.05) is 10.8 Å². The number of nitrogens with zero attached hydrogens (tertiary/aromatic N) is 6. The summed E-state index contributed by atoms with van der Waals surface area (Å²) < 4.78 is 2.89. The van der Waals surface area contributed by atoms with Gasteiger partial charge in [-0.2, -0.15) is 5.10 Å². The Labute approximate surface area is 193 Å². The van der Waals surface area contributed by atoms with Crippen molar-refractivity contribution in [2.45, 2.75) is 13.5 Å². The minimum Gasteiger partial charge on any atom is -0.337 e. The second-order valence-electron chi connectivity index (χ2n) is 6.62. The molecule has 0 unspecified atom stereocenters. The number of amides is 2. The first kappa shape index (κ1) is 21.4. The van der Waals surface area contributed by atoms with Gasteiger partial charge in [0, 0.05) is 28.4 Å². The van der Waals surface area contributed by atoms with Gasteiger partial charge in [-0.1, -0.05) is 36.0 Å². The molecule has 0 radical (unpaired) electrons. The lowest BCUT2D eigenvalue weighted by atomic mass is 10.2. The summed E-state index contributed by atoms with van der Waals surface area (Å²) in [5.74, 6) is 0.349. The number of carbonyl (C=O) groups is 1. The Morgan fingerprint density at radius 2 is 1.94 bits per heavy atom. The molecule has 31 heavy (non-hydrogen) atoms. The molecule has 4 aromatic rings. The number of pyridine rings is 1. The van der Waals surface area contributed by atoms with Gasteiger partial charge in [-0.15, -0.1) is 0 Å². The Hall–Kier alpha value is -2.88. The van der Waals surface area contributed by atoms with Crippen LogP contribution in [0.1, 0.15) is 12.5 Å². The summed E-state index contributed by atoms with van der Waals surface area (Å²) in [5.41, 5.74) is 3.32. The number of rotatable bonds is 5. The lowest BCUT2D eigenvalue weighted by Gasteiger charge is -2.14. The van der Waals surface area contributed by atoms with E-state index >= 15 is 0 Å². The average molecular weight is 474 g/mol. The summed E-state index contributed by atoms with van der Waals surface area (Å²) in [6.07, 6.45) is 5.21. The molecule has 2 amide bonds. The van der Waals surface area contributed by atoms with E-state index in [1.807, 2.05) is 25.3 Å². The summed E-state index contributed by atoms with van der Waals surface area (Å²) in [4.78, 5) is 25.4. The van der Waals surface area contributed by atoms with E-state index in [1.54, 1.807) is 35.3 Å². The van der Waals surface area contributed by atoms with Gasteiger partial charge < -0.3 is 5.32 Å². The summed E-state index contributed by atoms with van der Waals surface area (Å²) >= 11 is 16.4. The van der Waals surface area contributed by atoms with Crippen molar-refractivity contribution in [3.8, 4) is 11.3 Å². The van der Waals surface area contributed by atoms with Gasteiger partial charge in [0.05, 0.1) is 24.6 Å². The van der Waals surface area contributed by atoms with Crippen molar-refractivity contribution in [3.05, 3.63) is 64.5 Å². The van der Waals surface area contributed by atoms with Crippen LogP contribution in [0.3, 0.4) is 0 Å². The molecule has 0 saturated heterocycles. The fourth-order valence-electron chi connectivity index (χ4n) is 2.95. The van der Waals surface area contributed by atoms with E-state index in [1.165, 1.54) is 0 Å².